The van der Waals surface area contributed by atoms with Gasteiger partial charge in [0.25, 0.3) is 5.91 Å². The average Bonchev–Trinajstić information content (AvgIpc) is 3.31. The van der Waals surface area contributed by atoms with E-state index in [1.807, 2.05) is 16.7 Å². The number of rotatable bonds is 4. The van der Waals surface area contributed by atoms with Gasteiger partial charge in [-0.3, -0.25) is 4.79 Å². The first-order valence-electron chi connectivity index (χ1n) is 9.18. The highest BCUT2D eigenvalue weighted by atomic mass is 16.3. The van der Waals surface area contributed by atoms with E-state index in [0.29, 0.717) is 41.9 Å². The molecular formula is C19H23N7O2. The second-order valence-corrected chi connectivity index (χ2v) is 7.10. The Labute approximate surface area is 162 Å². The van der Waals surface area contributed by atoms with Gasteiger partial charge in [-0.05, 0) is 30.5 Å². The van der Waals surface area contributed by atoms with Crippen LogP contribution in [-0.4, -0.2) is 54.6 Å². The van der Waals surface area contributed by atoms with Gasteiger partial charge >= 0.3 is 0 Å². The summed E-state index contributed by atoms with van der Waals surface area (Å²) >= 11 is 0. The van der Waals surface area contributed by atoms with E-state index < -0.39 is 6.10 Å². The van der Waals surface area contributed by atoms with Crippen LogP contribution in [0, 0.1) is 0 Å². The molecule has 0 bridgehead atoms. The first kappa shape index (κ1) is 18.3. The maximum Gasteiger partial charge on any atom is 0.253 e. The zero-order valence-corrected chi connectivity index (χ0v) is 15.6. The minimum absolute atomic E-state index is 0.129. The molecule has 3 atom stereocenters. The molecule has 4 rings (SSSR count). The summed E-state index contributed by atoms with van der Waals surface area (Å²) in [6, 6.07) is 6.68. The van der Waals surface area contributed by atoms with Crippen molar-refractivity contribution in [2.45, 2.75) is 37.6 Å². The van der Waals surface area contributed by atoms with Gasteiger partial charge in [-0.1, -0.05) is 12.1 Å². The summed E-state index contributed by atoms with van der Waals surface area (Å²) in [6.45, 7) is 0.431. The average molecular weight is 381 g/mol. The molecule has 0 saturated heterocycles. The summed E-state index contributed by atoms with van der Waals surface area (Å²) in [5, 5.41) is 11.0. The standard InChI is InChI=1S/C19H23N7O2/c1-25(19(28)12-4-2-11(8-20)3-5-12)13-6-7-14(16(13)27)26-10-24-15-17(21)22-9-23-18(15)26/h2-5,9-10,13-14,16,27H,6-8,20H2,1H3,(H2,21,22,23)/t13-,14+,16+/m1/s1. The summed E-state index contributed by atoms with van der Waals surface area (Å²) in [4.78, 5) is 27.0. The molecule has 9 heteroatoms. The lowest BCUT2D eigenvalue weighted by Gasteiger charge is -2.29. The molecule has 0 spiro atoms. The number of likely N-dealkylation sites (N-methyl/N-ethyl adjacent to an activating group) is 1. The molecule has 0 unspecified atom stereocenters. The molecule has 0 aliphatic heterocycles. The Morgan fingerprint density at radius 2 is 2.00 bits per heavy atom. The van der Waals surface area contributed by atoms with Crippen molar-refractivity contribution in [2.24, 2.45) is 5.73 Å². The second kappa shape index (κ2) is 7.17. The fourth-order valence-corrected chi connectivity index (χ4v) is 3.92. The normalized spacial score (nSPS) is 21.9. The van der Waals surface area contributed by atoms with Crippen LogP contribution in [0.2, 0.25) is 0 Å². The van der Waals surface area contributed by atoms with Crippen molar-refractivity contribution in [1.29, 1.82) is 0 Å². The van der Waals surface area contributed by atoms with Crippen LogP contribution in [-0.2, 0) is 6.54 Å². The smallest absolute Gasteiger partial charge is 0.253 e. The molecule has 1 saturated carbocycles. The highest BCUT2D eigenvalue weighted by Gasteiger charge is 2.40. The fraction of sp³-hybridized carbons (Fsp3) is 0.368. The van der Waals surface area contributed by atoms with E-state index in [9.17, 15) is 9.90 Å². The molecule has 0 radical (unpaired) electrons. The van der Waals surface area contributed by atoms with E-state index in [1.165, 1.54) is 6.33 Å². The van der Waals surface area contributed by atoms with Gasteiger partial charge in [-0.2, -0.15) is 0 Å². The van der Waals surface area contributed by atoms with E-state index in [1.54, 1.807) is 30.4 Å². The number of hydrogen-bond donors (Lipinski definition) is 3. The number of fused-ring (bicyclic) bond motifs is 1. The molecule has 28 heavy (non-hydrogen) atoms. The van der Waals surface area contributed by atoms with Gasteiger partial charge in [-0.15, -0.1) is 0 Å². The van der Waals surface area contributed by atoms with Gasteiger partial charge in [0.15, 0.2) is 11.5 Å². The van der Waals surface area contributed by atoms with Crippen molar-refractivity contribution in [3.63, 3.8) is 0 Å². The predicted octanol–water partition coefficient (Wildman–Crippen LogP) is 0.704. The number of aliphatic hydroxyl groups excluding tert-OH is 1. The largest absolute Gasteiger partial charge is 0.389 e. The molecule has 1 aliphatic rings. The number of benzene rings is 1. The third-order valence-corrected chi connectivity index (χ3v) is 5.55. The minimum atomic E-state index is -0.745. The number of nitrogens with two attached hydrogens (primary N) is 2. The van der Waals surface area contributed by atoms with Gasteiger partial charge in [0.05, 0.1) is 24.5 Å². The highest BCUT2D eigenvalue weighted by molar-refractivity contribution is 5.94. The summed E-state index contributed by atoms with van der Waals surface area (Å²) < 4.78 is 1.83. The van der Waals surface area contributed by atoms with Crippen molar-refractivity contribution < 1.29 is 9.90 Å². The maximum absolute atomic E-state index is 12.9. The molecule has 9 nitrogen and oxygen atoms in total. The Morgan fingerprint density at radius 3 is 2.71 bits per heavy atom. The molecule has 2 aromatic heterocycles. The number of amides is 1. The van der Waals surface area contributed by atoms with Crippen LogP contribution in [0.5, 0.6) is 0 Å². The van der Waals surface area contributed by atoms with Crippen LogP contribution in [0.3, 0.4) is 0 Å². The molecule has 146 valence electrons. The van der Waals surface area contributed by atoms with Crippen LogP contribution < -0.4 is 11.5 Å². The van der Waals surface area contributed by atoms with E-state index in [-0.39, 0.29) is 18.0 Å². The Morgan fingerprint density at radius 1 is 1.25 bits per heavy atom. The Hall–Kier alpha value is -3.04. The van der Waals surface area contributed by atoms with Crippen molar-refractivity contribution >= 4 is 22.9 Å². The molecule has 3 aromatic rings. The monoisotopic (exact) mass is 381 g/mol. The minimum Gasteiger partial charge on any atom is -0.389 e. The van der Waals surface area contributed by atoms with Crippen LogP contribution in [0.4, 0.5) is 5.82 Å². The van der Waals surface area contributed by atoms with Crippen LogP contribution >= 0.6 is 0 Å². The van der Waals surface area contributed by atoms with E-state index in [2.05, 4.69) is 15.0 Å². The van der Waals surface area contributed by atoms with Gasteiger partial charge in [0, 0.05) is 19.2 Å². The quantitative estimate of drug-likeness (QED) is 0.605. The van der Waals surface area contributed by atoms with E-state index in [0.717, 1.165) is 5.56 Å². The number of imidazole rings is 1. The summed E-state index contributed by atoms with van der Waals surface area (Å²) in [6.07, 6.45) is 3.64. The first-order chi connectivity index (χ1) is 13.5. The number of nitrogens with zero attached hydrogens (tertiary/aromatic N) is 5. The predicted molar refractivity (Wildman–Crippen MR) is 104 cm³/mol. The zero-order valence-electron chi connectivity index (χ0n) is 15.6. The fourth-order valence-electron chi connectivity index (χ4n) is 3.92. The molecule has 1 fully saturated rings. The number of hydrogen-bond acceptors (Lipinski definition) is 7. The Kier molecular flexibility index (Phi) is 4.70. The molecule has 2 heterocycles. The lowest BCUT2D eigenvalue weighted by molar-refractivity contribution is 0.0447. The Balaban J connectivity index is 1.55. The topological polar surface area (TPSA) is 136 Å². The number of aromatic nitrogens is 4. The number of aliphatic hydroxyl groups is 1. The van der Waals surface area contributed by atoms with Gasteiger partial charge < -0.3 is 26.0 Å². The van der Waals surface area contributed by atoms with Crippen molar-refractivity contribution in [3.8, 4) is 0 Å². The Bertz CT molecular complexity index is 1000. The second-order valence-electron chi connectivity index (χ2n) is 7.10. The number of anilines is 1. The van der Waals surface area contributed by atoms with Crippen LogP contribution in [0.25, 0.3) is 11.2 Å². The van der Waals surface area contributed by atoms with Crippen molar-refractivity contribution in [1.82, 2.24) is 24.4 Å². The summed E-state index contributed by atoms with van der Waals surface area (Å²) in [5.74, 6) is 0.177. The summed E-state index contributed by atoms with van der Waals surface area (Å²) in [5.41, 5.74) is 14.1. The van der Waals surface area contributed by atoms with Gasteiger partial charge in [-0.25, -0.2) is 15.0 Å². The van der Waals surface area contributed by atoms with Crippen LogP contribution in [0.15, 0.2) is 36.9 Å². The van der Waals surface area contributed by atoms with E-state index in [4.69, 9.17) is 11.5 Å². The van der Waals surface area contributed by atoms with Crippen molar-refractivity contribution in [3.05, 3.63) is 48.0 Å². The first-order valence-corrected chi connectivity index (χ1v) is 9.18. The molecule has 1 amide bonds. The maximum atomic E-state index is 12.9. The molecule has 1 aromatic carbocycles. The zero-order chi connectivity index (χ0) is 19.8. The number of nitrogen functional groups attached to an aromatic ring is 1. The molecule has 1 aliphatic carbocycles. The van der Waals surface area contributed by atoms with Gasteiger partial charge in [0.2, 0.25) is 0 Å². The third-order valence-electron chi connectivity index (χ3n) is 5.55. The van der Waals surface area contributed by atoms with Crippen LogP contribution in [0.1, 0.15) is 34.8 Å². The van der Waals surface area contributed by atoms with Crippen molar-refractivity contribution in [2.75, 3.05) is 12.8 Å². The van der Waals surface area contributed by atoms with Gasteiger partial charge in [0.1, 0.15) is 11.8 Å². The summed E-state index contributed by atoms with van der Waals surface area (Å²) in [7, 11) is 1.72. The number of carbonyl (C=O) groups is 1. The molecular weight excluding hydrogens is 358 g/mol. The SMILES string of the molecule is CN(C(=O)c1ccc(CN)cc1)[C@@H]1CC[C@H](n2cnc3c(N)ncnc32)[C@H]1O. The lowest BCUT2D eigenvalue weighted by atomic mass is 10.1. The number of carbonyl (C=O) groups excluding carboxylic acids is 1. The highest BCUT2D eigenvalue weighted by Crippen LogP contribution is 2.35. The third kappa shape index (κ3) is 2.98. The molecule has 5 N–H and O–H groups in total. The van der Waals surface area contributed by atoms with E-state index >= 15 is 0 Å². The lowest BCUT2D eigenvalue weighted by Crippen LogP contribution is -2.43.